The third-order valence-electron chi connectivity index (χ3n) is 4.61. The van der Waals surface area contributed by atoms with Crippen LogP contribution >= 0.6 is 0 Å². The van der Waals surface area contributed by atoms with Crippen molar-refractivity contribution >= 4 is 17.9 Å². The fraction of sp³-hybridized carbons (Fsp3) is 0.526. The van der Waals surface area contributed by atoms with Gasteiger partial charge in [-0.2, -0.15) is 0 Å². The fourth-order valence-corrected chi connectivity index (χ4v) is 3.12. The summed E-state index contributed by atoms with van der Waals surface area (Å²) in [6.07, 6.45) is 3.03. The monoisotopic (exact) mass is 376 g/mol. The number of imide groups is 1. The Kier molecular flexibility index (Phi) is 6.16. The lowest BCUT2D eigenvalue weighted by atomic mass is 9.96. The van der Waals surface area contributed by atoms with Crippen LogP contribution in [0.4, 0.5) is 4.79 Å². The van der Waals surface area contributed by atoms with Crippen molar-refractivity contribution in [1.29, 1.82) is 0 Å². The summed E-state index contributed by atoms with van der Waals surface area (Å²) in [5.74, 6) is -0.421. The van der Waals surface area contributed by atoms with Gasteiger partial charge in [0.2, 0.25) is 6.10 Å². The molecule has 0 radical (unpaired) electrons. The molecule has 2 aliphatic rings. The lowest BCUT2D eigenvalue weighted by molar-refractivity contribution is -0.163. The predicted molar refractivity (Wildman–Crippen MR) is 95.5 cm³/mol. The SMILES string of the molecule is C[C@H](OC(=O)[C@H]1COc2ccccc2O1)C(=O)NC(=O)NC1CCCCC1. The molecular weight excluding hydrogens is 352 g/mol. The minimum atomic E-state index is -1.13. The Bertz CT molecular complexity index is 701. The lowest BCUT2D eigenvalue weighted by Crippen LogP contribution is -2.49. The van der Waals surface area contributed by atoms with Crippen LogP contribution in [0.1, 0.15) is 39.0 Å². The summed E-state index contributed by atoms with van der Waals surface area (Å²) >= 11 is 0. The Morgan fingerprint density at radius 2 is 1.81 bits per heavy atom. The summed E-state index contributed by atoms with van der Waals surface area (Å²) in [6, 6.07) is 6.49. The van der Waals surface area contributed by atoms with E-state index < -0.39 is 30.1 Å². The summed E-state index contributed by atoms with van der Waals surface area (Å²) in [7, 11) is 0. The minimum Gasteiger partial charge on any atom is -0.485 e. The molecule has 0 bridgehead atoms. The Labute approximate surface area is 157 Å². The van der Waals surface area contributed by atoms with Gasteiger partial charge in [0, 0.05) is 6.04 Å². The van der Waals surface area contributed by atoms with Gasteiger partial charge in [-0.05, 0) is 31.9 Å². The molecule has 8 heteroatoms. The topological polar surface area (TPSA) is 103 Å². The summed E-state index contributed by atoms with van der Waals surface area (Å²) in [6.45, 7) is 1.39. The molecule has 2 atom stereocenters. The van der Waals surface area contributed by atoms with E-state index in [0.29, 0.717) is 11.5 Å². The zero-order chi connectivity index (χ0) is 19.2. The molecule has 3 amide bonds. The van der Waals surface area contributed by atoms with Gasteiger partial charge in [-0.25, -0.2) is 9.59 Å². The maximum absolute atomic E-state index is 12.2. The van der Waals surface area contributed by atoms with E-state index in [9.17, 15) is 14.4 Å². The quantitative estimate of drug-likeness (QED) is 0.778. The first-order valence-corrected chi connectivity index (χ1v) is 9.23. The van der Waals surface area contributed by atoms with Crippen LogP contribution in [0, 0.1) is 0 Å². The van der Waals surface area contributed by atoms with Gasteiger partial charge in [-0.15, -0.1) is 0 Å². The number of hydrogen-bond donors (Lipinski definition) is 2. The summed E-state index contributed by atoms with van der Waals surface area (Å²) in [5, 5.41) is 4.99. The molecule has 3 rings (SSSR count). The minimum absolute atomic E-state index is 0.00759. The van der Waals surface area contributed by atoms with Crippen LogP contribution in [-0.4, -0.2) is 42.8 Å². The number of urea groups is 1. The molecule has 1 aliphatic heterocycles. The highest BCUT2D eigenvalue weighted by atomic mass is 16.6. The van der Waals surface area contributed by atoms with Gasteiger partial charge in [-0.1, -0.05) is 31.4 Å². The first-order chi connectivity index (χ1) is 13.0. The predicted octanol–water partition coefficient (Wildman–Crippen LogP) is 1.92. The van der Waals surface area contributed by atoms with E-state index in [1.807, 2.05) is 0 Å². The first kappa shape index (κ1) is 19.0. The van der Waals surface area contributed by atoms with Crippen molar-refractivity contribution in [1.82, 2.24) is 10.6 Å². The number of benzene rings is 1. The van der Waals surface area contributed by atoms with E-state index in [-0.39, 0.29) is 12.6 Å². The standard InChI is InChI=1S/C19H24N2O6/c1-12(17(22)21-19(24)20-13-7-3-2-4-8-13)26-18(23)16-11-25-14-9-5-6-10-15(14)27-16/h5-6,9-10,12-13,16H,2-4,7-8,11H2,1H3,(H2,20,21,22,24)/t12-,16+/m0/s1. The van der Waals surface area contributed by atoms with Crippen LogP contribution in [0.25, 0.3) is 0 Å². The number of rotatable bonds is 4. The van der Waals surface area contributed by atoms with Crippen molar-refractivity contribution in [2.45, 2.75) is 57.3 Å². The number of nitrogens with one attached hydrogen (secondary N) is 2. The van der Waals surface area contributed by atoms with E-state index >= 15 is 0 Å². The van der Waals surface area contributed by atoms with Gasteiger partial charge >= 0.3 is 12.0 Å². The highest BCUT2D eigenvalue weighted by Gasteiger charge is 2.31. The molecule has 0 saturated heterocycles. The molecular formula is C19H24N2O6. The molecule has 1 aliphatic carbocycles. The molecule has 1 aromatic rings. The zero-order valence-electron chi connectivity index (χ0n) is 15.2. The van der Waals surface area contributed by atoms with Crippen molar-refractivity contribution in [3.05, 3.63) is 24.3 Å². The van der Waals surface area contributed by atoms with Crippen molar-refractivity contribution in [2.24, 2.45) is 0 Å². The number of carbonyl (C=O) groups excluding carboxylic acids is 3. The largest absolute Gasteiger partial charge is 0.485 e. The molecule has 146 valence electrons. The zero-order valence-corrected chi connectivity index (χ0v) is 15.2. The Balaban J connectivity index is 1.45. The number of esters is 1. The highest BCUT2D eigenvalue weighted by molar-refractivity contribution is 5.97. The van der Waals surface area contributed by atoms with Gasteiger partial charge in [-0.3, -0.25) is 10.1 Å². The lowest BCUT2D eigenvalue weighted by Gasteiger charge is -2.26. The van der Waals surface area contributed by atoms with Crippen molar-refractivity contribution in [3.63, 3.8) is 0 Å². The van der Waals surface area contributed by atoms with Gasteiger partial charge in [0.15, 0.2) is 17.6 Å². The maximum Gasteiger partial charge on any atom is 0.351 e. The third-order valence-corrected chi connectivity index (χ3v) is 4.61. The van der Waals surface area contributed by atoms with Gasteiger partial charge in [0.05, 0.1) is 0 Å². The van der Waals surface area contributed by atoms with Crippen LogP contribution in [0.3, 0.4) is 0 Å². The summed E-state index contributed by atoms with van der Waals surface area (Å²) < 4.78 is 16.1. The average molecular weight is 376 g/mol. The molecule has 1 heterocycles. The molecule has 8 nitrogen and oxygen atoms in total. The Hall–Kier alpha value is -2.77. The smallest absolute Gasteiger partial charge is 0.351 e. The Morgan fingerprint density at radius 3 is 2.56 bits per heavy atom. The fourth-order valence-electron chi connectivity index (χ4n) is 3.12. The highest BCUT2D eigenvalue weighted by Crippen LogP contribution is 2.31. The molecule has 2 N–H and O–H groups in total. The molecule has 0 aromatic heterocycles. The van der Waals surface area contributed by atoms with Crippen molar-refractivity contribution in [3.8, 4) is 11.5 Å². The second-order valence-corrected chi connectivity index (χ2v) is 6.74. The Morgan fingerprint density at radius 1 is 1.11 bits per heavy atom. The normalized spacial score (nSPS) is 20.3. The van der Waals surface area contributed by atoms with Gasteiger partial charge < -0.3 is 19.5 Å². The first-order valence-electron chi connectivity index (χ1n) is 9.23. The average Bonchev–Trinajstić information content (AvgIpc) is 2.68. The van der Waals surface area contributed by atoms with Gasteiger partial charge in [0.1, 0.15) is 6.61 Å². The molecule has 0 unspecified atom stereocenters. The maximum atomic E-state index is 12.2. The van der Waals surface area contributed by atoms with Crippen LogP contribution in [0.5, 0.6) is 11.5 Å². The second-order valence-electron chi connectivity index (χ2n) is 6.74. The van der Waals surface area contributed by atoms with E-state index in [2.05, 4.69) is 10.6 Å². The number of amides is 3. The number of fused-ring (bicyclic) bond motifs is 1. The molecule has 27 heavy (non-hydrogen) atoms. The molecule has 0 spiro atoms. The van der Waals surface area contributed by atoms with Crippen molar-refractivity contribution in [2.75, 3.05) is 6.61 Å². The van der Waals surface area contributed by atoms with E-state index in [1.54, 1.807) is 24.3 Å². The molecule has 1 saturated carbocycles. The third kappa shape index (κ3) is 5.12. The number of carbonyl (C=O) groups is 3. The summed E-state index contributed by atoms with van der Waals surface area (Å²) in [5.41, 5.74) is 0. The van der Waals surface area contributed by atoms with Crippen LogP contribution in [-0.2, 0) is 14.3 Å². The van der Waals surface area contributed by atoms with Crippen molar-refractivity contribution < 1.29 is 28.6 Å². The van der Waals surface area contributed by atoms with Crippen LogP contribution < -0.4 is 20.1 Å². The van der Waals surface area contributed by atoms with Crippen LogP contribution in [0.2, 0.25) is 0 Å². The number of ether oxygens (including phenoxy) is 3. The van der Waals surface area contributed by atoms with Gasteiger partial charge in [0.25, 0.3) is 5.91 Å². The van der Waals surface area contributed by atoms with E-state index in [1.165, 1.54) is 13.3 Å². The molecule has 1 fully saturated rings. The van der Waals surface area contributed by atoms with Crippen LogP contribution in [0.15, 0.2) is 24.3 Å². The van der Waals surface area contributed by atoms with E-state index in [4.69, 9.17) is 14.2 Å². The molecule has 1 aromatic carbocycles. The second kappa shape index (κ2) is 8.75. The van der Waals surface area contributed by atoms with E-state index in [0.717, 1.165) is 25.7 Å². The number of hydrogen-bond acceptors (Lipinski definition) is 6. The summed E-state index contributed by atoms with van der Waals surface area (Å²) in [4.78, 5) is 36.2. The number of para-hydroxylation sites is 2.